The van der Waals surface area contributed by atoms with Gasteiger partial charge in [0.2, 0.25) is 5.91 Å². The molecule has 142 valence electrons. The van der Waals surface area contributed by atoms with Crippen LogP contribution >= 0.6 is 0 Å². The summed E-state index contributed by atoms with van der Waals surface area (Å²) in [6.07, 6.45) is 9.43. The van der Waals surface area contributed by atoms with E-state index in [0.29, 0.717) is 6.54 Å². The molecule has 3 atom stereocenters. The van der Waals surface area contributed by atoms with Gasteiger partial charge in [-0.25, -0.2) is 4.79 Å². The molecular weight excluding hydrogens is 322 g/mol. The summed E-state index contributed by atoms with van der Waals surface area (Å²) in [5, 5.41) is 18.1. The molecule has 1 heterocycles. The van der Waals surface area contributed by atoms with E-state index in [-0.39, 0.29) is 37.1 Å². The Hall–Kier alpha value is -1.60. The zero-order valence-electron chi connectivity index (χ0n) is 15.0. The van der Waals surface area contributed by atoms with Crippen LogP contribution in [-0.4, -0.2) is 54.5 Å². The van der Waals surface area contributed by atoms with Gasteiger partial charge < -0.3 is 25.8 Å². The monoisotopic (exact) mass is 353 g/mol. The van der Waals surface area contributed by atoms with Gasteiger partial charge in [0.15, 0.2) is 0 Å². The van der Waals surface area contributed by atoms with Crippen LogP contribution in [0.4, 0.5) is 4.79 Å². The number of hydrogen-bond donors (Lipinski definition) is 4. The number of urea groups is 1. The lowest BCUT2D eigenvalue weighted by atomic mass is 9.95. The highest BCUT2D eigenvalue weighted by Crippen LogP contribution is 2.19. The lowest BCUT2D eigenvalue weighted by Crippen LogP contribution is -2.51. The molecule has 4 N–H and O–H groups in total. The first-order chi connectivity index (χ1) is 12.1. The number of carbonyl (C=O) groups is 2. The summed E-state index contributed by atoms with van der Waals surface area (Å²) < 4.78 is 5.77. The second-order valence-corrected chi connectivity index (χ2v) is 6.81. The van der Waals surface area contributed by atoms with Crippen molar-refractivity contribution in [2.75, 3.05) is 13.2 Å². The van der Waals surface area contributed by atoms with Gasteiger partial charge in [-0.15, -0.1) is 0 Å². The van der Waals surface area contributed by atoms with Gasteiger partial charge >= 0.3 is 6.03 Å². The molecule has 7 heteroatoms. The van der Waals surface area contributed by atoms with Crippen molar-refractivity contribution in [3.05, 3.63) is 12.2 Å². The number of rotatable bonds is 7. The standard InChI is InChI=1S/C18H31N3O4/c1-2-10-19-18(24)21-15-9-8-14(25-16(15)12-22)11-17(23)20-13-6-4-3-5-7-13/h8-9,13-16,22H,2-7,10-12H2,1H3,(H,20,23)(H2,19,21,24)/t14-,15+,16-/m0/s1. The Morgan fingerprint density at radius 1 is 1.16 bits per heavy atom. The maximum absolute atomic E-state index is 12.2. The molecule has 25 heavy (non-hydrogen) atoms. The first-order valence-electron chi connectivity index (χ1n) is 9.40. The SMILES string of the molecule is CCCNC(=O)N[C@@H]1C=C[C@@H](CC(=O)NC2CCCCC2)O[C@H]1CO. The van der Waals surface area contributed by atoms with Crippen molar-refractivity contribution in [2.24, 2.45) is 0 Å². The van der Waals surface area contributed by atoms with Gasteiger partial charge in [-0.3, -0.25) is 4.79 Å². The molecule has 1 saturated carbocycles. The highest BCUT2D eigenvalue weighted by Gasteiger charge is 2.29. The van der Waals surface area contributed by atoms with Crippen LogP contribution in [0.2, 0.25) is 0 Å². The quantitative estimate of drug-likeness (QED) is 0.517. The summed E-state index contributed by atoms with van der Waals surface area (Å²) in [4.78, 5) is 23.9. The minimum absolute atomic E-state index is 0.0228. The van der Waals surface area contributed by atoms with Gasteiger partial charge in [0, 0.05) is 12.6 Å². The summed E-state index contributed by atoms with van der Waals surface area (Å²) in [6, 6.07) is -0.411. The molecule has 0 aromatic heterocycles. The lowest BCUT2D eigenvalue weighted by Gasteiger charge is -2.32. The minimum Gasteiger partial charge on any atom is -0.394 e. The van der Waals surface area contributed by atoms with Gasteiger partial charge in [0.1, 0.15) is 6.10 Å². The number of hydrogen-bond acceptors (Lipinski definition) is 4. The molecule has 1 aliphatic heterocycles. The van der Waals surface area contributed by atoms with E-state index >= 15 is 0 Å². The average molecular weight is 353 g/mol. The Bertz CT molecular complexity index is 463. The van der Waals surface area contributed by atoms with E-state index in [1.165, 1.54) is 19.3 Å². The predicted molar refractivity (Wildman–Crippen MR) is 95.1 cm³/mol. The molecule has 3 amide bonds. The van der Waals surface area contributed by atoms with Gasteiger partial charge in [0.05, 0.1) is 25.2 Å². The van der Waals surface area contributed by atoms with Crippen molar-refractivity contribution in [2.45, 2.75) is 76.2 Å². The summed E-state index contributed by atoms with van der Waals surface area (Å²) in [5.41, 5.74) is 0. The van der Waals surface area contributed by atoms with Crippen molar-refractivity contribution in [1.29, 1.82) is 0 Å². The zero-order chi connectivity index (χ0) is 18.1. The Morgan fingerprint density at radius 2 is 1.92 bits per heavy atom. The van der Waals surface area contributed by atoms with E-state index in [1.54, 1.807) is 12.2 Å². The maximum atomic E-state index is 12.2. The Balaban J connectivity index is 1.80. The Kier molecular flexibility index (Phi) is 8.21. The first-order valence-corrected chi connectivity index (χ1v) is 9.40. The predicted octanol–water partition coefficient (Wildman–Crippen LogP) is 1.22. The Morgan fingerprint density at radius 3 is 2.60 bits per heavy atom. The molecule has 0 spiro atoms. The third-order valence-electron chi connectivity index (χ3n) is 4.65. The number of aliphatic hydroxyl groups is 1. The van der Waals surface area contributed by atoms with Gasteiger partial charge in [-0.1, -0.05) is 38.3 Å². The van der Waals surface area contributed by atoms with Crippen LogP contribution in [-0.2, 0) is 9.53 Å². The molecule has 0 aromatic carbocycles. The number of aliphatic hydroxyl groups excluding tert-OH is 1. The molecule has 0 unspecified atom stereocenters. The smallest absolute Gasteiger partial charge is 0.315 e. The first kappa shape index (κ1) is 19.7. The van der Waals surface area contributed by atoms with Gasteiger partial charge in [-0.2, -0.15) is 0 Å². The van der Waals surface area contributed by atoms with E-state index < -0.39 is 12.1 Å². The fraction of sp³-hybridized carbons (Fsp3) is 0.778. The summed E-state index contributed by atoms with van der Waals surface area (Å²) >= 11 is 0. The third-order valence-corrected chi connectivity index (χ3v) is 4.65. The lowest BCUT2D eigenvalue weighted by molar-refractivity contribution is -0.126. The number of ether oxygens (including phenoxy) is 1. The topological polar surface area (TPSA) is 99.7 Å². The zero-order valence-corrected chi connectivity index (χ0v) is 15.0. The molecule has 2 rings (SSSR count). The molecule has 1 fully saturated rings. The maximum Gasteiger partial charge on any atom is 0.315 e. The number of amides is 3. The molecule has 0 radical (unpaired) electrons. The highest BCUT2D eigenvalue weighted by atomic mass is 16.5. The van der Waals surface area contributed by atoms with Gasteiger partial charge in [0.25, 0.3) is 0 Å². The van der Waals surface area contributed by atoms with Crippen LogP contribution in [0.25, 0.3) is 0 Å². The second kappa shape index (κ2) is 10.4. The van der Waals surface area contributed by atoms with Crippen LogP contribution in [0.15, 0.2) is 12.2 Å². The van der Waals surface area contributed by atoms with Crippen LogP contribution in [0.3, 0.4) is 0 Å². The largest absolute Gasteiger partial charge is 0.394 e. The molecule has 0 bridgehead atoms. The van der Waals surface area contributed by atoms with Crippen molar-refractivity contribution >= 4 is 11.9 Å². The van der Waals surface area contributed by atoms with Crippen molar-refractivity contribution in [1.82, 2.24) is 16.0 Å². The van der Waals surface area contributed by atoms with E-state index in [1.807, 2.05) is 6.92 Å². The van der Waals surface area contributed by atoms with Crippen molar-refractivity contribution in [3.63, 3.8) is 0 Å². The average Bonchev–Trinajstić information content (AvgIpc) is 2.62. The van der Waals surface area contributed by atoms with Crippen molar-refractivity contribution in [3.8, 4) is 0 Å². The van der Waals surface area contributed by atoms with E-state index in [0.717, 1.165) is 19.3 Å². The molecular formula is C18H31N3O4. The fourth-order valence-corrected chi connectivity index (χ4v) is 3.29. The highest BCUT2D eigenvalue weighted by molar-refractivity contribution is 5.77. The summed E-state index contributed by atoms with van der Waals surface area (Å²) in [5.74, 6) is -0.0228. The van der Waals surface area contributed by atoms with Gasteiger partial charge in [-0.05, 0) is 19.3 Å². The van der Waals surface area contributed by atoms with E-state index in [2.05, 4.69) is 16.0 Å². The normalized spacial score (nSPS) is 26.9. The van der Waals surface area contributed by atoms with Crippen LogP contribution in [0.1, 0.15) is 51.9 Å². The second-order valence-electron chi connectivity index (χ2n) is 6.81. The van der Waals surface area contributed by atoms with Crippen molar-refractivity contribution < 1.29 is 19.4 Å². The molecule has 2 aliphatic rings. The third kappa shape index (κ3) is 6.66. The fourth-order valence-electron chi connectivity index (χ4n) is 3.29. The molecule has 0 saturated heterocycles. The Labute approximate surface area is 149 Å². The molecule has 1 aliphatic carbocycles. The molecule has 7 nitrogen and oxygen atoms in total. The number of carbonyl (C=O) groups excluding carboxylic acids is 2. The summed E-state index contributed by atoms with van der Waals surface area (Å²) in [6.45, 7) is 2.35. The minimum atomic E-state index is -0.551. The summed E-state index contributed by atoms with van der Waals surface area (Å²) in [7, 11) is 0. The van der Waals surface area contributed by atoms with Crippen LogP contribution < -0.4 is 16.0 Å². The van der Waals surface area contributed by atoms with E-state index in [4.69, 9.17) is 4.74 Å². The van der Waals surface area contributed by atoms with Crippen LogP contribution in [0.5, 0.6) is 0 Å². The number of nitrogens with one attached hydrogen (secondary N) is 3. The molecule has 0 aromatic rings. The van der Waals surface area contributed by atoms with Crippen LogP contribution in [0, 0.1) is 0 Å². The van der Waals surface area contributed by atoms with E-state index in [9.17, 15) is 14.7 Å².